The van der Waals surface area contributed by atoms with Gasteiger partial charge in [0.2, 0.25) is 0 Å². The van der Waals surface area contributed by atoms with Gasteiger partial charge in [0, 0.05) is 39.5 Å². The van der Waals surface area contributed by atoms with Crippen molar-refractivity contribution in [3.63, 3.8) is 0 Å². The first-order valence-corrected chi connectivity index (χ1v) is 12.0. The molecular formula is C21H36N4O2S. The molecule has 0 aliphatic carbocycles. The largest absolute Gasteiger partial charge is 0.356 e. The van der Waals surface area contributed by atoms with Crippen molar-refractivity contribution in [3.8, 4) is 0 Å². The molecule has 1 aromatic carbocycles. The number of nitrogens with one attached hydrogen (secondary N) is 2. The maximum Gasteiger partial charge on any atom is 0.191 e. The average molecular weight is 409 g/mol. The predicted molar refractivity (Wildman–Crippen MR) is 116 cm³/mol. The van der Waals surface area contributed by atoms with E-state index < -0.39 is 9.84 Å². The molecule has 1 aromatic rings. The molecule has 1 aliphatic heterocycles. The Labute approximate surface area is 170 Å². The fourth-order valence-corrected chi connectivity index (χ4v) is 4.84. The van der Waals surface area contributed by atoms with E-state index in [1.807, 2.05) is 19.1 Å². The molecule has 0 spiro atoms. The Bertz CT molecular complexity index is 775. The van der Waals surface area contributed by atoms with Gasteiger partial charge in [-0.3, -0.25) is 4.99 Å². The first kappa shape index (κ1) is 22.7. The summed E-state index contributed by atoms with van der Waals surface area (Å²) >= 11 is 0. The van der Waals surface area contributed by atoms with Gasteiger partial charge in [0.05, 0.1) is 4.90 Å². The molecule has 6 nitrogen and oxygen atoms in total. The van der Waals surface area contributed by atoms with Crippen LogP contribution in [0.4, 0.5) is 0 Å². The molecule has 1 atom stereocenters. The second kappa shape index (κ2) is 10.3. The first-order chi connectivity index (χ1) is 13.2. The Morgan fingerprint density at radius 3 is 2.68 bits per heavy atom. The first-order valence-electron chi connectivity index (χ1n) is 10.2. The van der Waals surface area contributed by atoms with E-state index >= 15 is 0 Å². The molecule has 1 heterocycles. The van der Waals surface area contributed by atoms with Gasteiger partial charge < -0.3 is 15.5 Å². The lowest BCUT2D eigenvalue weighted by atomic mass is 9.97. The monoisotopic (exact) mass is 408 g/mol. The molecule has 0 aromatic heterocycles. The molecule has 158 valence electrons. The van der Waals surface area contributed by atoms with Crippen molar-refractivity contribution in [1.82, 2.24) is 15.5 Å². The topological polar surface area (TPSA) is 73.8 Å². The zero-order chi connectivity index (χ0) is 20.7. The lowest BCUT2D eigenvalue weighted by Crippen LogP contribution is -2.44. The summed E-state index contributed by atoms with van der Waals surface area (Å²) in [6, 6.07) is 5.46. The normalized spacial score (nSPS) is 19.1. The standard InChI is InChI=1S/C21H36N4O2S/c1-16(2)14-25-10-6-7-19(15-25)13-24-21(22-4)23-12-18-8-9-20(17(3)11-18)28(5,26)27/h8-9,11,16,19H,6-7,10,12-15H2,1-5H3,(H2,22,23,24). The molecule has 1 saturated heterocycles. The molecule has 0 bridgehead atoms. The molecular weight excluding hydrogens is 372 g/mol. The summed E-state index contributed by atoms with van der Waals surface area (Å²) in [5.41, 5.74) is 1.81. The number of nitrogens with zero attached hydrogens (tertiary/aromatic N) is 2. The number of guanidine groups is 1. The maximum absolute atomic E-state index is 11.7. The maximum atomic E-state index is 11.7. The number of sulfone groups is 1. The third kappa shape index (κ3) is 7.09. The van der Waals surface area contributed by atoms with Crippen LogP contribution in [0, 0.1) is 18.8 Å². The lowest BCUT2D eigenvalue weighted by molar-refractivity contribution is 0.159. The summed E-state index contributed by atoms with van der Waals surface area (Å²) in [5.74, 6) is 2.13. The molecule has 2 N–H and O–H groups in total. The highest BCUT2D eigenvalue weighted by atomic mass is 32.2. The molecule has 0 amide bonds. The number of piperidine rings is 1. The van der Waals surface area contributed by atoms with E-state index in [4.69, 9.17) is 0 Å². The van der Waals surface area contributed by atoms with E-state index in [0.717, 1.165) is 30.2 Å². The number of aliphatic imine (C=N–C) groups is 1. The van der Waals surface area contributed by atoms with Gasteiger partial charge in [-0.2, -0.15) is 0 Å². The minimum Gasteiger partial charge on any atom is -0.356 e. The van der Waals surface area contributed by atoms with Crippen LogP contribution < -0.4 is 10.6 Å². The van der Waals surface area contributed by atoms with Gasteiger partial charge in [-0.25, -0.2) is 8.42 Å². The molecule has 0 radical (unpaired) electrons. The number of hydrogen-bond acceptors (Lipinski definition) is 4. The number of aryl methyl sites for hydroxylation is 1. The summed E-state index contributed by atoms with van der Waals surface area (Å²) in [4.78, 5) is 7.28. The average Bonchev–Trinajstić information content (AvgIpc) is 2.60. The van der Waals surface area contributed by atoms with Crippen LogP contribution in [0.5, 0.6) is 0 Å². The van der Waals surface area contributed by atoms with E-state index in [1.54, 1.807) is 13.1 Å². The van der Waals surface area contributed by atoms with Crippen molar-refractivity contribution in [2.75, 3.05) is 39.5 Å². The van der Waals surface area contributed by atoms with E-state index in [-0.39, 0.29) is 0 Å². The highest BCUT2D eigenvalue weighted by Crippen LogP contribution is 2.18. The molecule has 1 fully saturated rings. The Kier molecular flexibility index (Phi) is 8.31. The van der Waals surface area contributed by atoms with E-state index in [1.165, 1.54) is 32.2 Å². The van der Waals surface area contributed by atoms with Crippen molar-refractivity contribution in [3.05, 3.63) is 29.3 Å². The van der Waals surface area contributed by atoms with E-state index in [9.17, 15) is 8.42 Å². The molecule has 7 heteroatoms. The Morgan fingerprint density at radius 2 is 2.07 bits per heavy atom. The van der Waals surface area contributed by atoms with Crippen LogP contribution in [0.1, 0.15) is 37.8 Å². The minimum atomic E-state index is -3.18. The number of likely N-dealkylation sites (tertiary alicyclic amines) is 1. The third-order valence-corrected chi connectivity index (χ3v) is 6.36. The van der Waals surface area contributed by atoms with Gasteiger partial charge in [0.25, 0.3) is 0 Å². The van der Waals surface area contributed by atoms with Crippen LogP contribution >= 0.6 is 0 Å². The van der Waals surface area contributed by atoms with Crippen molar-refractivity contribution in [2.24, 2.45) is 16.8 Å². The van der Waals surface area contributed by atoms with E-state index in [0.29, 0.717) is 23.3 Å². The Hall–Kier alpha value is -1.60. The fourth-order valence-electron chi connectivity index (χ4n) is 3.89. The predicted octanol–water partition coefficient (Wildman–Crippen LogP) is 2.43. The number of hydrogen-bond donors (Lipinski definition) is 2. The minimum absolute atomic E-state index is 0.391. The fraction of sp³-hybridized carbons (Fsp3) is 0.667. The number of benzene rings is 1. The van der Waals surface area contributed by atoms with Gasteiger partial charge in [-0.1, -0.05) is 26.0 Å². The van der Waals surface area contributed by atoms with Gasteiger partial charge in [0.15, 0.2) is 15.8 Å². The third-order valence-electron chi connectivity index (χ3n) is 5.11. The molecule has 1 aliphatic rings. The molecule has 2 rings (SSSR count). The Morgan fingerprint density at radius 1 is 1.32 bits per heavy atom. The van der Waals surface area contributed by atoms with Crippen LogP contribution in [-0.2, 0) is 16.4 Å². The van der Waals surface area contributed by atoms with Gasteiger partial charge >= 0.3 is 0 Å². The number of rotatable bonds is 7. The van der Waals surface area contributed by atoms with Crippen molar-refractivity contribution in [1.29, 1.82) is 0 Å². The molecule has 1 unspecified atom stereocenters. The van der Waals surface area contributed by atoms with Gasteiger partial charge in [-0.05, 0) is 55.3 Å². The lowest BCUT2D eigenvalue weighted by Gasteiger charge is -2.34. The highest BCUT2D eigenvalue weighted by molar-refractivity contribution is 7.90. The van der Waals surface area contributed by atoms with Crippen LogP contribution in [-0.4, -0.2) is 58.8 Å². The Balaban J connectivity index is 1.84. The zero-order valence-corrected chi connectivity index (χ0v) is 18.8. The second-order valence-corrected chi connectivity index (χ2v) is 10.3. The summed E-state index contributed by atoms with van der Waals surface area (Å²) in [6.45, 7) is 11.4. The summed E-state index contributed by atoms with van der Waals surface area (Å²) in [7, 11) is -1.40. The van der Waals surface area contributed by atoms with Crippen LogP contribution in [0.15, 0.2) is 28.1 Å². The van der Waals surface area contributed by atoms with Crippen molar-refractivity contribution < 1.29 is 8.42 Å². The van der Waals surface area contributed by atoms with Crippen LogP contribution in [0.2, 0.25) is 0 Å². The second-order valence-electron chi connectivity index (χ2n) is 8.34. The van der Waals surface area contributed by atoms with E-state index in [2.05, 4.69) is 34.4 Å². The highest BCUT2D eigenvalue weighted by Gasteiger charge is 2.20. The van der Waals surface area contributed by atoms with Crippen molar-refractivity contribution in [2.45, 2.75) is 45.1 Å². The zero-order valence-electron chi connectivity index (χ0n) is 18.0. The summed E-state index contributed by atoms with van der Waals surface area (Å²) in [6.07, 6.45) is 3.76. The van der Waals surface area contributed by atoms with Crippen LogP contribution in [0.25, 0.3) is 0 Å². The SMILES string of the molecule is CN=C(NCc1ccc(S(C)(=O)=O)c(C)c1)NCC1CCCN(CC(C)C)C1. The quantitative estimate of drug-likeness (QED) is 0.535. The van der Waals surface area contributed by atoms with Crippen molar-refractivity contribution >= 4 is 15.8 Å². The van der Waals surface area contributed by atoms with Gasteiger partial charge in [-0.15, -0.1) is 0 Å². The summed E-state index contributed by atoms with van der Waals surface area (Å²) in [5, 5.41) is 6.78. The van der Waals surface area contributed by atoms with Crippen LogP contribution in [0.3, 0.4) is 0 Å². The smallest absolute Gasteiger partial charge is 0.191 e. The molecule has 0 saturated carbocycles. The summed E-state index contributed by atoms with van der Waals surface area (Å²) < 4.78 is 23.5. The van der Waals surface area contributed by atoms with Gasteiger partial charge in [0.1, 0.15) is 0 Å². The molecule has 28 heavy (non-hydrogen) atoms.